The number of hydrogen-bond acceptors (Lipinski definition) is 3. The average Bonchev–Trinajstić information content (AvgIpc) is 2.68. The van der Waals surface area contributed by atoms with Gasteiger partial charge in [-0.1, -0.05) is 25.0 Å². The van der Waals surface area contributed by atoms with Crippen molar-refractivity contribution in [1.29, 1.82) is 0 Å². The van der Waals surface area contributed by atoms with E-state index < -0.39 is 5.54 Å². The molecule has 6 heteroatoms. The number of nitrogens with two attached hydrogens (primary N) is 1. The minimum Gasteiger partial charge on any atom is -0.352 e. The summed E-state index contributed by atoms with van der Waals surface area (Å²) >= 11 is 0. The summed E-state index contributed by atoms with van der Waals surface area (Å²) in [5.41, 5.74) is 7.76. The highest BCUT2D eigenvalue weighted by molar-refractivity contribution is 6.04. The minimum absolute atomic E-state index is 0.0113. The predicted octanol–water partition coefficient (Wildman–Crippen LogP) is 3.60. The van der Waals surface area contributed by atoms with Crippen LogP contribution in [0.5, 0.6) is 0 Å². The van der Waals surface area contributed by atoms with Crippen LogP contribution in [-0.4, -0.2) is 17.4 Å². The second kappa shape index (κ2) is 8.52. The van der Waals surface area contributed by atoms with E-state index in [1.165, 1.54) is 24.3 Å². The lowest BCUT2D eigenvalue weighted by molar-refractivity contribution is -0.128. The van der Waals surface area contributed by atoms with E-state index in [1.807, 2.05) is 19.1 Å². The zero-order valence-corrected chi connectivity index (χ0v) is 16.0. The van der Waals surface area contributed by atoms with Crippen LogP contribution in [0.4, 0.5) is 10.1 Å². The third-order valence-electron chi connectivity index (χ3n) is 5.36. The maximum Gasteiger partial charge on any atom is 0.255 e. The molecule has 3 rings (SSSR count). The molecular formula is C22H26FN3O2. The fraction of sp³-hybridized carbons (Fsp3) is 0.364. The summed E-state index contributed by atoms with van der Waals surface area (Å²) in [4.78, 5) is 24.8. The zero-order valence-electron chi connectivity index (χ0n) is 16.0. The Morgan fingerprint density at radius 3 is 2.43 bits per heavy atom. The van der Waals surface area contributed by atoms with Gasteiger partial charge < -0.3 is 16.4 Å². The molecule has 0 radical (unpaired) electrons. The molecule has 2 aromatic carbocycles. The Bertz CT molecular complexity index is 832. The van der Waals surface area contributed by atoms with E-state index in [1.54, 1.807) is 12.1 Å². The molecular weight excluding hydrogens is 357 g/mol. The van der Waals surface area contributed by atoms with Crippen LogP contribution in [-0.2, 0) is 11.3 Å². The van der Waals surface area contributed by atoms with E-state index in [-0.39, 0.29) is 23.5 Å². The van der Waals surface area contributed by atoms with Crippen molar-refractivity contribution >= 4 is 17.5 Å². The molecule has 1 saturated carbocycles. The highest BCUT2D eigenvalue weighted by atomic mass is 19.1. The largest absolute Gasteiger partial charge is 0.352 e. The summed E-state index contributed by atoms with van der Waals surface area (Å²) in [6.07, 6.45) is 3.78. The molecule has 1 aliphatic rings. The number of anilines is 1. The van der Waals surface area contributed by atoms with E-state index in [9.17, 15) is 14.0 Å². The van der Waals surface area contributed by atoms with Crippen molar-refractivity contribution in [3.05, 3.63) is 65.5 Å². The quantitative estimate of drug-likeness (QED) is 0.738. The van der Waals surface area contributed by atoms with Crippen molar-refractivity contribution in [2.45, 2.75) is 44.7 Å². The first kappa shape index (κ1) is 20.0. The molecule has 0 aromatic heterocycles. The second-order valence-electron chi connectivity index (χ2n) is 7.68. The topological polar surface area (TPSA) is 84.2 Å². The fourth-order valence-corrected chi connectivity index (χ4v) is 3.61. The number of carbonyl (C=O) groups is 2. The first-order valence-electron chi connectivity index (χ1n) is 9.57. The van der Waals surface area contributed by atoms with Crippen molar-refractivity contribution in [2.24, 2.45) is 11.7 Å². The lowest BCUT2D eigenvalue weighted by Gasteiger charge is -2.37. The van der Waals surface area contributed by atoms with Gasteiger partial charge in [-0.25, -0.2) is 4.39 Å². The molecule has 28 heavy (non-hydrogen) atoms. The van der Waals surface area contributed by atoms with Gasteiger partial charge in [-0.15, -0.1) is 0 Å². The Morgan fingerprint density at radius 2 is 1.79 bits per heavy atom. The summed E-state index contributed by atoms with van der Waals surface area (Å²) in [6.45, 7) is 2.34. The monoisotopic (exact) mass is 383 g/mol. The van der Waals surface area contributed by atoms with Gasteiger partial charge in [0.25, 0.3) is 5.91 Å². The van der Waals surface area contributed by atoms with Crippen molar-refractivity contribution in [3.63, 3.8) is 0 Å². The number of nitrogens with one attached hydrogen (secondary N) is 2. The normalized spacial score (nSPS) is 21.8. The van der Waals surface area contributed by atoms with Crippen molar-refractivity contribution in [1.82, 2.24) is 5.32 Å². The number of halogens is 1. The lowest BCUT2D eigenvalue weighted by Crippen LogP contribution is -2.52. The molecule has 0 heterocycles. The molecule has 4 N–H and O–H groups in total. The molecule has 148 valence electrons. The molecule has 0 spiro atoms. The van der Waals surface area contributed by atoms with Gasteiger partial charge in [0.05, 0.1) is 5.92 Å². The maximum atomic E-state index is 12.9. The van der Waals surface area contributed by atoms with Gasteiger partial charge in [-0.3, -0.25) is 9.59 Å². The van der Waals surface area contributed by atoms with Gasteiger partial charge in [0.15, 0.2) is 0 Å². The van der Waals surface area contributed by atoms with Gasteiger partial charge in [0, 0.05) is 23.3 Å². The average molecular weight is 383 g/mol. The van der Waals surface area contributed by atoms with E-state index in [2.05, 4.69) is 10.6 Å². The van der Waals surface area contributed by atoms with Gasteiger partial charge >= 0.3 is 0 Å². The van der Waals surface area contributed by atoms with Crippen LogP contribution in [0.1, 0.15) is 48.5 Å². The van der Waals surface area contributed by atoms with E-state index in [4.69, 9.17) is 5.73 Å². The van der Waals surface area contributed by atoms with Crippen LogP contribution < -0.4 is 16.4 Å². The third-order valence-corrected chi connectivity index (χ3v) is 5.36. The fourth-order valence-electron chi connectivity index (χ4n) is 3.61. The molecule has 1 aliphatic carbocycles. The van der Waals surface area contributed by atoms with Crippen molar-refractivity contribution in [3.8, 4) is 0 Å². The minimum atomic E-state index is -0.454. The van der Waals surface area contributed by atoms with E-state index >= 15 is 0 Å². The second-order valence-corrected chi connectivity index (χ2v) is 7.68. The van der Waals surface area contributed by atoms with Crippen molar-refractivity contribution < 1.29 is 14.0 Å². The molecule has 0 saturated heterocycles. The standard InChI is InChI=1S/C22H26FN3O2/c1-22(24)13-3-2-4-19(22)21(28)25-14-15-5-7-16(8-6-15)20(27)26-18-11-9-17(23)10-12-18/h5-12,19H,2-4,13-14,24H2,1H3,(H,25,28)(H,26,27). The van der Waals surface area contributed by atoms with Crippen LogP contribution >= 0.6 is 0 Å². The first-order chi connectivity index (χ1) is 13.3. The lowest BCUT2D eigenvalue weighted by atomic mass is 9.74. The Hall–Kier alpha value is -2.73. The van der Waals surface area contributed by atoms with Crippen molar-refractivity contribution in [2.75, 3.05) is 5.32 Å². The van der Waals surface area contributed by atoms with Gasteiger partial charge in [-0.05, 0) is 61.7 Å². The number of hydrogen-bond donors (Lipinski definition) is 3. The Labute approximate surface area is 164 Å². The summed E-state index contributed by atoms with van der Waals surface area (Å²) in [7, 11) is 0. The van der Waals surface area contributed by atoms with Gasteiger partial charge in [0.1, 0.15) is 5.82 Å². The first-order valence-corrected chi connectivity index (χ1v) is 9.57. The Kier molecular flexibility index (Phi) is 6.09. The molecule has 2 unspecified atom stereocenters. The molecule has 1 fully saturated rings. The molecule has 0 bridgehead atoms. The summed E-state index contributed by atoms with van der Waals surface area (Å²) in [6, 6.07) is 12.6. The number of benzene rings is 2. The zero-order chi connectivity index (χ0) is 20.1. The molecule has 2 aromatic rings. The maximum absolute atomic E-state index is 12.9. The summed E-state index contributed by atoms with van der Waals surface area (Å²) in [5, 5.41) is 5.68. The molecule has 2 atom stereocenters. The van der Waals surface area contributed by atoms with Crippen LogP contribution in [0.3, 0.4) is 0 Å². The molecule has 5 nitrogen and oxygen atoms in total. The number of carbonyl (C=O) groups excluding carboxylic acids is 2. The Morgan fingerprint density at radius 1 is 1.11 bits per heavy atom. The highest BCUT2D eigenvalue weighted by Crippen LogP contribution is 2.31. The number of rotatable bonds is 5. The summed E-state index contributed by atoms with van der Waals surface area (Å²) < 4.78 is 12.9. The summed E-state index contributed by atoms with van der Waals surface area (Å²) in [5.74, 6) is -0.805. The van der Waals surface area contributed by atoms with E-state index in [0.29, 0.717) is 17.8 Å². The van der Waals surface area contributed by atoms with E-state index in [0.717, 1.165) is 31.2 Å². The SMILES string of the molecule is CC1(N)CCCCC1C(=O)NCc1ccc(C(=O)Nc2ccc(F)cc2)cc1. The molecule has 2 amide bonds. The Balaban J connectivity index is 1.54. The highest BCUT2D eigenvalue weighted by Gasteiger charge is 2.37. The van der Waals surface area contributed by atoms with Crippen LogP contribution in [0.15, 0.2) is 48.5 Å². The molecule has 0 aliphatic heterocycles. The van der Waals surface area contributed by atoms with Gasteiger partial charge in [0.2, 0.25) is 5.91 Å². The smallest absolute Gasteiger partial charge is 0.255 e. The van der Waals surface area contributed by atoms with Gasteiger partial charge in [-0.2, -0.15) is 0 Å². The third kappa shape index (κ3) is 4.95. The predicted molar refractivity (Wildman–Crippen MR) is 107 cm³/mol. The van der Waals surface area contributed by atoms with Crippen LogP contribution in [0.25, 0.3) is 0 Å². The van der Waals surface area contributed by atoms with Crippen LogP contribution in [0, 0.1) is 11.7 Å². The number of amides is 2. The van der Waals surface area contributed by atoms with Crippen LogP contribution in [0.2, 0.25) is 0 Å².